The van der Waals surface area contributed by atoms with Crippen LogP contribution in [0.4, 0.5) is 5.69 Å². The molecule has 1 heterocycles. The van der Waals surface area contributed by atoms with Crippen molar-refractivity contribution in [3.05, 3.63) is 47.0 Å². The van der Waals surface area contributed by atoms with Crippen LogP contribution in [0, 0.1) is 0 Å². The van der Waals surface area contributed by atoms with Crippen molar-refractivity contribution in [2.24, 2.45) is 0 Å². The molecule has 0 saturated heterocycles. The molecule has 0 fully saturated rings. The quantitative estimate of drug-likeness (QED) is 0.836. The van der Waals surface area contributed by atoms with E-state index in [0.717, 1.165) is 16.3 Å². The standard InChI is InChI=1S/C17H16ClNO3S/c1-21-14-10-11(9-12(18)16(14)22-2)17(20)19-7-8-23-15-6-4-3-5-13(15)19/h3-6,9-10H,7-8H2,1-2H3. The lowest BCUT2D eigenvalue weighted by molar-refractivity contribution is 0.0987. The Morgan fingerprint density at radius 2 is 2.00 bits per heavy atom. The van der Waals surface area contributed by atoms with E-state index in [0.29, 0.717) is 28.6 Å². The third-order valence-electron chi connectivity index (χ3n) is 3.65. The molecular weight excluding hydrogens is 334 g/mol. The number of amides is 1. The second-order valence-electron chi connectivity index (χ2n) is 4.97. The van der Waals surface area contributed by atoms with Crippen molar-refractivity contribution in [3.63, 3.8) is 0 Å². The lowest BCUT2D eigenvalue weighted by atomic mass is 10.1. The summed E-state index contributed by atoms with van der Waals surface area (Å²) in [5.41, 5.74) is 1.41. The molecule has 0 N–H and O–H groups in total. The fraction of sp³-hybridized carbons (Fsp3) is 0.235. The van der Waals surface area contributed by atoms with Crippen LogP contribution in [0.2, 0.25) is 5.02 Å². The highest BCUT2D eigenvalue weighted by atomic mass is 35.5. The Labute approximate surface area is 144 Å². The largest absolute Gasteiger partial charge is 0.493 e. The average molecular weight is 350 g/mol. The van der Waals surface area contributed by atoms with Crippen LogP contribution < -0.4 is 14.4 Å². The monoisotopic (exact) mass is 349 g/mol. The van der Waals surface area contributed by atoms with Crippen molar-refractivity contribution in [2.75, 3.05) is 31.4 Å². The molecule has 0 radical (unpaired) electrons. The highest BCUT2D eigenvalue weighted by Gasteiger charge is 2.25. The highest BCUT2D eigenvalue weighted by molar-refractivity contribution is 7.99. The maximum absolute atomic E-state index is 12.9. The van der Waals surface area contributed by atoms with Gasteiger partial charge in [-0.2, -0.15) is 0 Å². The van der Waals surface area contributed by atoms with E-state index in [-0.39, 0.29) is 5.91 Å². The molecule has 0 spiro atoms. The number of carbonyl (C=O) groups is 1. The van der Waals surface area contributed by atoms with Gasteiger partial charge in [0.25, 0.3) is 5.91 Å². The normalized spacial score (nSPS) is 13.4. The maximum Gasteiger partial charge on any atom is 0.258 e. The van der Waals surface area contributed by atoms with E-state index in [9.17, 15) is 4.79 Å². The minimum Gasteiger partial charge on any atom is -0.493 e. The molecule has 1 aliphatic heterocycles. The van der Waals surface area contributed by atoms with Crippen molar-refractivity contribution in [3.8, 4) is 11.5 Å². The van der Waals surface area contributed by atoms with Crippen molar-refractivity contribution in [2.45, 2.75) is 4.90 Å². The molecule has 23 heavy (non-hydrogen) atoms. The van der Waals surface area contributed by atoms with Crippen molar-refractivity contribution < 1.29 is 14.3 Å². The van der Waals surface area contributed by atoms with Gasteiger partial charge in [-0.05, 0) is 24.3 Å². The fourth-order valence-corrected chi connectivity index (χ4v) is 3.86. The average Bonchev–Trinajstić information content (AvgIpc) is 2.59. The zero-order valence-corrected chi connectivity index (χ0v) is 14.4. The van der Waals surface area contributed by atoms with E-state index >= 15 is 0 Å². The van der Waals surface area contributed by atoms with Gasteiger partial charge >= 0.3 is 0 Å². The first-order valence-corrected chi connectivity index (χ1v) is 8.47. The molecule has 0 bridgehead atoms. The first-order chi connectivity index (χ1) is 11.2. The number of ether oxygens (including phenoxy) is 2. The molecule has 6 heteroatoms. The molecule has 0 aromatic heterocycles. The van der Waals surface area contributed by atoms with Crippen LogP contribution >= 0.6 is 23.4 Å². The number of hydrogen-bond acceptors (Lipinski definition) is 4. The SMILES string of the molecule is COc1cc(C(=O)N2CCSc3ccccc32)cc(Cl)c1OC. The highest BCUT2D eigenvalue weighted by Crippen LogP contribution is 2.38. The van der Waals surface area contributed by atoms with Gasteiger partial charge in [0.1, 0.15) is 0 Å². The van der Waals surface area contributed by atoms with Crippen LogP contribution in [0.3, 0.4) is 0 Å². The summed E-state index contributed by atoms with van der Waals surface area (Å²) in [6, 6.07) is 11.2. The minimum absolute atomic E-state index is 0.0967. The van der Waals surface area contributed by atoms with Gasteiger partial charge in [0.2, 0.25) is 0 Å². The Hall–Kier alpha value is -1.85. The number of thioether (sulfide) groups is 1. The fourth-order valence-electron chi connectivity index (χ4n) is 2.58. The first kappa shape index (κ1) is 16.0. The number of nitrogens with zero attached hydrogens (tertiary/aromatic N) is 1. The Morgan fingerprint density at radius 3 is 2.74 bits per heavy atom. The van der Waals surface area contributed by atoms with Gasteiger partial charge in [-0.3, -0.25) is 4.79 Å². The number of carbonyl (C=O) groups excluding carboxylic acids is 1. The zero-order valence-electron chi connectivity index (χ0n) is 12.8. The number of fused-ring (bicyclic) bond motifs is 1. The summed E-state index contributed by atoms with van der Waals surface area (Å²) in [5, 5.41) is 0.356. The predicted octanol–water partition coefficient (Wildman–Crippen LogP) is 4.11. The number of halogens is 1. The summed E-state index contributed by atoms with van der Waals surface area (Å²) in [4.78, 5) is 15.8. The van der Waals surface area contributed by atoms with Gasteiger partial charge < -0.3 is 14.4 Å². The van der Waals surface area contributed by atoms with E-state index in [1.54, 1.807) is 28.8 Å². The van der Waals surface area contributed by atoms with Gasteiger partial charge in [-0.1, -0.05) is 23.7 Å². The maximum atomic E-state index is 12.9. The van der Waals surface area contributed by atoms with Crippen molar-refractivity contribution in [1.29, 1.82) is 0 Å². The zero-order chi connectivity index (χ0) is 16.4. The number of methoxy groups -OCH3 is 2. The third-order valence-corrected chi connectivity index (χ3v) is 4.98. The second kappa shape index (κ2) is 6.72. The molecule has 120 valence electrons. The molecule has 0 unspecified atom stereocenters. The molecule has 0 aliphatic carbocycles. The molecule has 3 rings (SSSR count). The lowest BCUT2D eigenvalue weighted by Gasteiger charge is -2.29. The van der Waals surface area contributed by atoms with Gasteiger partial charge in [-0.15, -0.1) is 11.8 Å². The first-order valence-electron chi connectivity index (χ1n) is 7.11. The van der Waals surface area contributed by atoms with Gasteiger partial charge in [-0.25, -0.2) is 0 Å². The van der Waals surface area contributed by atoms with Gasteiger partial charge in [0, 0.05) is 22.8 Å². The van der Waals surface area contributed by atoms with Crippen LogP contribution in [0.1, 0.15) is 10.4 Å². The van der Waals surface area contributed by atoms with Crippen LogP contribution in [-0.2, 0) is 0 Å². The number of para-hydroxylation sites is 1. The summed E-state index contributed by atoms with van der Waals surface area (Å²) >= 11 is 7.97. The third kappa shape index (κ3) is 2.99. The van der Waals surface area contributed by atoms with Gasteiger partial charge in [0.15, 0.2) is 11.5 Å². The molecule has 0 saturated carbocycles. The van der Waals surface area contributed by atoms with Crippen LogP contribution in [0.15, 0.2) is 41.3 Å². The summed E-state index contributed by atoms with van der Waals surface area (Å²) in [6.07, 6.45) is 0. The summed E-state index contributed by atoms with van der Waals surface area (Å²) in [5.74, 6) is 1.65. The number of anilines is 1. The Balaban J connectivity index is 2.00. The lowest BCUT2D eigenvalue weighted by Crippen LogP contribution is -2.35. The molecule has 2 aromatic rings. The number of benzene rings is 2. The van der Waals surface area contributed by atoms with Crippen molar-refractivity contribution >= 4 is 35.0 Å². The Bertz CT molecular complexity index is 751. The molecule has 1 aliphatic rings. The molecule has 0 atom stereocenters. The second-order valence-corrected chi connectivity index (χ2v) is 6.51. The van der Waals surface area contributed by atoms with Crippen LogP contribution in [0.5, 0.6) is 11.5 Å². The van der Waals surface area contributed by atoms with E-state index in [1.807, 2.05) is 24.3 Å². The Kier molecular flexibility index (Phi) is 4.68. The number of rotatable bonds is 3. The minimum atomic E-state index is -0.0967. The van der Waals surface area contributed by atoms with E-state index < -0.39 is 0 Å². The summed E-state index contributed by atoms with van der Waals surface area (Å²) in [6.45, 7) is 0.659. The van der Waals surface area contributed by atoms with Gasteiger partial charge in [0.05, 0.1) is 24.9 Å². The van der Waals surface area contributed by atoms with E-state index in [4.69, 9.17) is 21.1 Å². The predicted molar refractivity (Wildman–Crippen MR) is 93.4 cm³/mol. The number of hydrogen-bond donors (Lipinski definition) is 0. The van der Waals surface area contributed by atoms with E-state index in [2.05, 4.69) is 0 Å². The van der Waals surface area contributed by atoms with Crippen LogP contribution in [0.25, 0.3) is 0 Å². The molecule has 4 nitrogen and oxygen atoms in total. The molecule has 2 aromatic carbocycles. The molecule has 1 amide bonds. The molecular formula is C17H16ClNO3S. The Morgan fingerprint density at radius 1 is 1.22 bits per heavy atom. The van der Waals surface area contributed by atoms with Crippen LogP contribution in [-0.4, -0.2) is 32.4 Å². The smallest absolute Gasteiger partial charge is 0.258 e. The van der Waals surface area contributed by atoms with Crippen molar-refractivity contribution in [1.82, 2.24) is 0 Å². The summed E-state index contributed by atoms with van der Waals surface area (Å²) in [7, 11) is 3.04. The topological polar surface area (TPSA) is 38.8 Å². The summed E-state index contributed by atoms with van der Waals surface area (Å²) < 4.78 is 10.5. The van der Waals surface area contributed by atoms with E-state index in [1.165, 1.54) is 14.2 Å².